The molecule has 6 heteroatoms. The number of carbonyl (C=O) groups excluding carboxylic acids is 2. The van der Waals surface area contributed by atoms with Crippen molar-refractivity contribution in [2.75, 3.05) is 13.1 Å². The fourth-order valence-corrected chi connectivity index (χ4v) is 4.10. The normalized spacial score (nSPS) is 22.5. The van der Waals surface area contributed by atoms with E-state index in [2.05, 4.69) is 10.3 Å². The Morgan fingerprint density at radius 3 is 2.91 bits per heavy atom. The van der Waals surface area contributed by atoms with Crippen molar-refractivity contribution < 1.29 is 9.59 Å². The van der Waals surface area contributed by atoms with Crippen molar-refractivity contribution in [1.29, 1.82) is 0 Å². The Bertz CT molecular complexity index is 551. The molecule has 3 rings (SSSR count). The Morgan fingerprint density at radius 2 is 2.23 bits per heavy atom. The first-order valence-electron chi connectivity index (χ1n) is 8.11. The summed E-state index contributed by atoms with van der Waals surface area (Å²) in [6.45, 7) is 3.18. The van der Waals surface area contributed by atoms with E-state index in [0.29, 0.717) is 25.6 Å². The van der Waals surface area contributed by atoms with Gasteiger partial charge in [-0.2, -0.15) is 0 Å². The number of amides is 2. The minimum Gasteiger partial charge on any atom is -0.355 e. The second-order valence-corrected chi connectivity index (χ2v) is 7.35. The third-order valence-corrected chi connectivity index (χ3v) is 5.46. The molecule has 0 unspecified atom stereocenters. The summed E-state index contributed by atoms with van der Waals surface area (Å²) in [5.74, 6) is -0.00626. The first-order chi connectivity index (χ1) is 10.6. The fraction of sp³-hybridized carbons (Fsp3) is 0.688. The zero-order valence-electron chi connectivity index (χ0n) is 13.0. The average Bonchev–Trinajstić information content (AvgIpc) is 3.19. The number of hydrogen-bond donors (Lipinski definition) is 1. The van der Waals surface area contributed by atoms with E-state index in [1.165, 1.54) is 12.8 Å². The first-order valence-corrected chi connectivity index (χ1v) is 8.99. The van der Waals surface area contributed by atoms with Gasteiger partial charge in [0, 0.05) is 37.4 Å². The van der Waals surface area contributed by atoms with Crippen molar-refractivity contribution in [3.8, 4) is 0 Å². The Morgan fingerprint density at radius 1 is 1.45 bits per heavy atom. The Balaban J connectivity index is 1.45. The highest BCUT2D eigenvalue weighted by Crippen LogP contribution is 2.29. The number of carbonyl (C=O) groups is 2. The lowest BCUT2D eigenvalue weighted by Gasteiger charge is -2.23. The van der Waals surface area contributed by atoms with Crippen molar-refractivity contribution >= 4 is 23.2 Å². The van der Waals surface area contributed by atoms with Crippen LogP contribution in [0.4, 0.5) is 0 Å². The van der Waals surface area contributed by atoms with Crippen molar-refractivity contribution in [2.24, 2.45) is 5.92 Å². The number of likely N-dealkylation sites (tertiary alicyclic amines) is 1. The van der Waals surface area contributed by atoms with E-state index in [-0.39, 0.29) is 17.7 Å². The van der Waals surface area contributed by atoms with Gasteiger partial charge in [-0.25, -0.2) is 4.98 Å². The van der Waals surface area contributed by atoms with Gasteiger partial charge in [-0.1, -0.05) is 12.8 Å². The molecule has 1 aliphatic carbocycles. The van der Waals surface area contributed by atoms with E-state index in [9.17, 15) is 9.59 Å². The fourth-order valence-electron chi connectivity index (χ4n) is 3.46. The molecule has 1 saturated heterocycles. The molecule has 2 amide bonds. The lowest BCUT2D eigenvalue weighted by Crippen LogP contribution is -2.37. The van der Waals surface area contributed by atoms with Gasteiger partial charge in [0.05, 0.1) is 16.6 Å². The predicted molar refractivity (Wildman–Crippen MR) is 85.6 cm³/mol. The zero-order chi connectivity index (χ0) is 15.5. The van der Waals surface area contributed by atoms with E-state index in [4.69, 9.17) is 0 Å². The number of thiazole rings is 1. The molecule has 120 valence electrons. The monoisotopic (exact) mass is 321 g/mol. The average molecular weight is 321 g/mol. The second-order valence-electron chi connectivity index (χ2n) is 6.28. The standard InChI is InChI=1S/C16H23N3O2S/c1-11-18-13(10-22-11)6-7-17-16(21)12-8-15(20)19(9-12)14-4-2-3-5-14/h10,12,14H,2-9H2,1H3,(H,17,21)/t12-/m0/s1. The summed E-state index contributed by atoms with van der Waals surface area (Å²) in [6.07, 6.45) is 5.74. The van der Waals surface area contributed by atoms with Gasteiger partial charge < -0.3 is 10.2 Å². The van der Waals surface area contributed by atoms with Crippen LogP contribution >= 0.6 is 11.3 Å². The van der Waals surface area contributed by atoms with Crippen LogP contribution in [-0.4, -0.2) is 40.8 Å². The SMILES string of the molecule is Cc1nc(CCNC(=O)[C@H]2CC(=O)N(C3CCCC3)C2)cs1. The number of nitrogens with one attached hydrogen (secondary N) is 1. The lowest BCUT2D eigenvalue weighted by molar-refractivity contribution is -0.130. The molecule has 0 bridgehead atoms. The summed E-state index contributed by atoms with van der Waals surface area (Å²) >= 11 is 1.63. The van der Waals surface area contributed by atoms with Crippen LogP contribution in [0, 0.1) is 12.8 Å². The highest BCUT2D eigenvalue weighted by molar-refractivity contribution is 7.09. The molecule has 2 heterocycles. The van der Waals surface area contributed by atoms with E-state index < -0.39 is 0 Å². The molecule has 2 aliphatic rings. The van der Waals surface area contributed by atoms with Gasteiger partial charge in [0.15, 0.2) is 0 Å². The molecule has 1 N–H and O–H groups in total. The van der Waals surface area contributed by atoms with Crippen LogP contribution < -0.4 is 5.32 Å². The Hall–Kier alpha value is -1.43. The van der Waals surface area contributed by atoms with Crippen molar-refractivity contribution in [2.45, 2.75) is 51.5 Å². The van der Waals surface area contributed by atoms with Crippen LogP contribution in [0.1, 0.15) is 42.8 Å². The van der Waals surface area contributed by atoms with E-state index in [0.717, 1.165) is 30.0 Å². The van der Waals surface area contributed by atoms with E-state index in [1.807, 2.05) is 17.2 Å². The highest BCUT2D eigenvalue weighted by atomic mass is 32.1. The van der Waals surface area contributed by atoms with Crippen LogP contribution in [0.25, 0.3) is 0 Å². The summed E-state index contributed by atoms with van der Waals surface area (Å²) in [7, 11) is 0. The summed E-state index contributed by atoms with van der Waals surface area (Å²) < 4.78 is 0. The van der Waals surface area contributed by atoms with Crippen molar-refractivity contribution in [1.82, 2.24) is 15.2 Å². The Labute approximate surface area is 135 Å². The summed E-state index contributed by atoms with van der Waals surface area (Å²) in [5.41, 5.74) is 1.03. The number of aryl methyl sites for hydroxylation is 1. The summed E-state index contributed by atoms with van der Waals surface area (Å²) in [4.78, 5) is 30.7. The molecule has 1 aromatic rings. The maximum atomic E-state index is 12.2. The van der Waals surface area contributed by atoms with Crippen LogP contribution in [0.2, 0.25) is 0 Å². The number of rotatable bonds is 5. The van der Waals surface area contributed by atoms with E-state index in [1.54, 1.807) is 11.3 Å². The van der Waals surface area contributed by atoms with Gasteiger partial charge in [-0.05, 0) is 19.8 Å². The smallest absolute Gasteiger partial charge is 0.225 e. The van der Waals surface area contributed by atoms with Crippen molar-refractivity contribution in [3.05, 3.63) is 16.1 Å². The maximum absolute atomic E-state index is 12.2. The minimum atomic E-state index is -0.176. The Kier molecular flexibility index (Phi) is 4.76. The highest BCUT2D eigenvalue weighted by Gasteiger charge is 2.38. The lowest BCUT2D eigenvalue weighted by atomic mass is 10.1. The molecule has 0 spiro atoms. The summed E-state index contributed by atoms with van der Waals surface area (Å²) in [5, 5.41) is 6.04. The first kappa shape index (κ1) is 15.5. The topological polar surface area (TPSA) is 62.3 Å². The van der Waals surface area contributed by atoms with Crippen LogP contribution in [0.5, 0.6) is 0 Å². The quantitative estimate of drug-likeness (QED) is 0.901. The maximum Gasteiger partial charge on any atom is 0.225 e. The zero-order valence-corrected chi connectivity index (χ0v) is 13.8. The van der Waals surface area contributed by atoms with Gasteiger partial charge in [0.1, 0.15) is 0 Å². The van der Waals surface area contributed by atoms with E-state index >= 15 is 0 Å². The van der Waals surface area contributed by atoms with Crippen molar-refractivity contribution in [3.63, 3.8) is 0 Å². The van der Waals surface area contributed by atoms with Crippen LogP contribution in [-0.2, 0) is 16.0 Å². The molecule has 0 radical (unpaired) electrons. The molecule has 1 aromatic heterocycles. The molecule has 22 heavy (non-hydrogen) atoms. The molecular weight excluding hydrogens is 298 g/mol. The molecule has 2 fully saturated rings. The summed E-state index contributed by atoms with van der Waals surface area (Å²) in [6, 6.07) is 0.378. The molecule has 0 aromatic carbocycles. The van der Waals surface area contributed by atoms with Gasteiger partial charge in [0.25, 0.3) is 0 Å². The molecular formula is C16H23N3O2S. The minimum absolute atomic E-state index is 0.0146. The third-order valence-electron chi connectivity index (χ3n) is 4.64. The van der Waals surface area contributed by atoms with Crippen LogP contribution in [0.3, 0.4) is 0 Å². The molecule has 1 aliphatic heterocycles. The molecule has 5 nitrogen and oxygen atoms in total. The van der Waals surface area contributed by atoms with Gasteiger partial charge in [-0.3, -0.25) is 9.59 Å². The molecule has 1 atom stereocenters. The molecule has 1 saturated carbocycles. The predicted octanol–water partition coefficient (Wildman–Crippen LogP) is 1.90. The van der Waals surface area contributed by atoms with Gasteiger partial charge >= 0.3 is 0 Å². The second kappa shape index (κ2) is 6.77. The van der Waals surface area contributed by atoms with Crippen LogP contribution in [0.15, 0.2) is 5.38 Å². The van der Waals surface area contributed by atoms with Gasteiger partial charge in [-0.15, -0.1) is 11.3 Å². The van der Waals surface area contributed by atoms with Gasteiger partial charge in [0.2, 0.25) is 11.8 Å². The number of aromatic nitrogens is 1. The third kappa shape index (κ3) is 3.48. The largest absolute Gasteiger partial charge is 0.355 e. The number of nitrogens with zero attached hydrogens (tertiary/aromatic N) is 2. The number of hydrogen-bond acceptors (Lipinski definition) is 4.